The van der Waals surface area contributed by atoms with Crippen molar-refractivity contribution in [1.82, 2.24) is 4.90 Å². The third-order valence-corrected chi connectivity index (χ3v) is 5.41. The molecule has 98 valence electrons. The lowest BCUT2D eigenvalue weighted by molar-refractivity contribution is 0.214. The smallest absolute Gasteiger partial charge is 0.0170 e. The minimum Gasteiger partial charge on any atom is -0.303 e. The lowest BCUT2D eigenvalue weighted by Gasteiger charge is -2.34. The van der Waals surface area contributed by atoms with E-state index < -0.39 is 0 Å². The normalized spacial score (nSPS) is 25.9. The Morgan fingerprint density at radius 3 is 2.72 bits per heavy atom. The summed E-state index contributed by atoms with van der Waals surface area (Å²) in [4.78, 5) is 3.43. The Bertz CT molecular complexity index is 396. The molecule has 1 aromatic rings. The second-order valence-corrected chi connectivity index (χ2v) is 7.06. The minimum absolute atomic E-state index is 0.757. The molecule has 18 heavy (non-hydrogen) atoms. The zero-order valence-electron chi connectivity index (χ0n) is 10.9. The van der Waals surface area contributed by atoms with Gasteiger partial charge in [-0.2, -0.15) is 0 Å². The monoisotopic (exact) mass is 307 g/mol. The Kier molecular flexibility index (Phi) is 4.05. The van der Waals surface area contributed by atoms with Crippen LogP contribution in [0.3, 0.4) is 0 Å². The second kappa shape index (κ2) is 5.75. The van der Waals surface area contributed by atoms with Crippen molar-refractivity contribution in [2.45, 2.75) is 42.8 Å². The molecular formula is C16H22BrN. The van der Waals surface area contributed by atoms with Crippen molar-refractivity contribution in [3.8, 4) is 0 Å². The lowest BCUT2D eigenvalue weighted by atomic mass is 9.82. The summed E-state index contributed by atoms with van der Waals surface area (Å²) in [7, 11) is 0. The lowest BCUT2D eigenvalue weighted by Crippen LogP contribution is -2.37. The summed E-state index contributed by atoms with van der Waals surface area (Å²) < 4.78 is 0. The van der Waals surface area contributed by atoms with Crippen LogP contribution in [0.1, 0.15) is 42.7 Å². The maximum Gasteiger partial charge on any atom is 0.0170 e. The first kappa shape index (κ1) is 12.7. The van der Waals surface area contributed by atoms with Crippen LogP contribution in [0.15, 0.2) is 24.3 Å². The summed E-state index contributed by atoms with van der Waals surface area (Å²) in [5.41, 5.74) is 3.23. The summed E-state index contributed by atoms with van der Waals surface area (Å²) in [5.74, 6) is 0.779. The number of nitrogens with zero attached hydrogens (tertiary/aromatic N) is 1. The maximum atomic E-state index is 3.74. The van der Waals surface area contributed by atoms with Crippen molar-refractivity contribution >= 4 is 15.9 Å². The standard InChI is InChI=1S/C16H22BrN/c17-15-8-10-18(11-9-15)12-14-6-3-5-13-4-1-2-7-16(13)14/h1-2,4,7,14-15H,3,5-6,8-12H2. The molecule has 1 aliphatic heterocycles. The molecule has 1 fully saturated rings. The van der Waals surface area contributed by atoms with Crippen LogP contribution in [-0.2, 0) is 6.42 Å². The van der Waals surface area contributed by atoms with Crippen molar-refractivity contribution in [2.75, 3.05) is 19.6 Å². The van der Waals surface area contributed by atoms with Gasteiger partial charge in [-0.05, 0) is 62.2 Å². The number of aryl methyl sites for hydroxylation is 1. The van der Waals surface area contributed by atoms with Crippen molar-refractivity contribution in [3.05, 3.63) is 35.4 Å². The maximum absolute atomic E-state index is 3.74. The summed E-state index contributed by atoms with van der Waals surface area (Å²) in [6.07, 6.45) is 6.67. The molecule has 0 radical (unpaired) electrons. The van der Waals surface area contributed by atoms with E-state index in [1.807, 2.05) is 0 Å². The Labute approximate surface area is 119 Å². The number of benzene rings is 1. The first-order valence-electron chi connectivity index (χ1n) is 7.27. The van der Waals surface area contributed by atoms with E-state index in [-0.39, 0.29) is 0 Å². The van der Waals surface area contributed by atoms with Gasteiger partial charge in [0.15, 0.2) is 0 Å². The molecule has 1 heterocycles. The van der Waals surface area contributed by atoms with E-state index in [0.29, 0.717) is 0 Å². The molecule has 1 nitrogen and oxygen atoms in total. The Hall–Kier alpha value is -0.340. The van der Waals surface area contributed by atoms with Gasteiger partial charge in [0.2, 0.25) is 0 Å². The van der Waals surface area contributed by atoms with Crippen LogP contribution in [0.2, 0.25) is 0 Å². The fourth-order valence-electron chi connectivity index (χ4n) is 3.44. The van der Waals surface area contributed by atoms with Gasteiger partial charge in [0.1, 0.15) is 0 Å². The van der Waals surface area contributed by atoms with Gasteiger partial charge in [-0.1, -0.05) is 40.2 Å². The molecule has 0 bridgehead atoms. The van der Waals surface area contributed by atoms with Gasteiger partial charge in [0.05, 0.1) is 0 Å². The predicted octanol–water partition coefficient (Wildman–Crippen LogP) is 3.97. The number of alkyl halides is 1. The van der Waals surface area contributed by atoms with Crippen molar-refractivity contribution in [3.63, 3.8) is 0 Å². The number of hydrogen-bond donors (Lipinski definition) is 0. The highest BCUT2D eigenvalue weighted by Gasteiger charge is 2.24. The fraction of sp³-hybridized carbons (Fsp3) is 0.625. The van der Waals surface area contributed by atoms with E-state index in [4.69, 9.17) is 0 Å². The van der Waals surface area contributed by atoms with Gasteiger partial charge in [0.25, 0.3) is 0 Å². The Balaban J connectivity index is 1.67. The van der Waals surface area contributed by atoms with E-state index in [1.165, 1.54) is 51.7 Å². The van der Waals surface area contributed by atoms with E-state index in [1.54, 1.807) is 11.1 Å². The third kappa shape index (κ3) is 2.80. The molecule has 2 heteroatoms. The number of halogens is 1. The number of piperidine rings is 1. The SMILES string of the molecule is BrC1CCN(CC2CCCc3ccccc32)CC1. The zero-order valence-corrected chi connectivity index (χ0v) is 12.5. The van der Waals surface area contributed by atoms with Crippen LogP contribution in [0.4, 0.5) is 0 Å². The first-order chi connectivity index (χ1) is 8.83. The molecule has 1 saturated heterocycles. The summed E-state index contributed by atoms with van der Waals surface area (Å²) in [6, 6.07) is 9.09. The van der Waals surface area contributed by atoms with Crippen LogP contribution in [0.25, 0.3) is 0 Å². The Morgan fingerprint density at radius 1 is 1.11 bits per heavy atom. The molecule has 1 aliphatic carbocycles. The average molecular weight is 308 g/mol. The average Bonchev–Trinajstić information content (AvgIpc) is 2.42. The first-order valence-corrected chi connectivity index (χ1v) is 8.19. The minimum atomic E-state index is 0.757. The van der Waals surface area contributed by atoms with Crippen LogP contribution in [0.5, 0.6) is 0 Å². The summed E-state index contributed by atoms with van der Waals surface area (Å²) in [6.45, 7) is 3.82. The molecule has 2 aliphatic rings. The van der Waals surface area contributed by atoms with Gasteiger partial charge in [0, 0.05) is 11.4 Å². The molecule has 3 rings (SSSR count). The molecule has 0 N–H and O–H groups in total. The molecule has 1 aromatic carbocycles. The van der Waals surface area contributed by atoms with E-state index >= 15 is 0 Å². The van der Waals surface area contributed by atoms with Crippen molar-refractivity contribution in [2.24, 2.45) is 0 Å². The van der Waals surface area contributed by atoms with Crippen LogP contribution < -0.4 is 0 Å². The number of likely N-dealkylation sites (tertiary alicyclic amines) is 1. The topological polar surface area (TPSA) is 3.24 Å². The molecule has 0 aromatic heterocycles. The van der Waals surface area contributed by atoms with Crippen molar-refractivity contribution < 1.29 is 0 Å². The predicted molar refractivity (Wildman–Crippen MR) is 80.5 cm³/mol. The largest absolute Gasteiger partial charge is 0.303 e. The number of hydrogen-bond acceptors (Lipinski definition) is 1. The molecule has 0 amide bonds. The van der Waals surface area contributed by atoms with Gasteiger partial charge < -0.3 is 4.90 Å². The van der Waals surface area contributed by atoms with E-state index in [2.05, 4.69) is 45.1 Å². The van der Waals surface area contributed by atoms with E-state index in [0.717, 1.165) is 10.7 Å². The molecule has 1 unspecified atom stereocenters. The highest BCUT2D eigenvalue weighted by Crippen LogP contribution is 2.32. The zero-order chi connectivity index (χ0) is 12.4. The molecular weight excluding hydrogens is 286 g/mol. The van der Waals surface area contributed by atoms with Gasteiger partial charge in [-0.3, -0.25) is 0 Å². The Morgan fingerprint density at radius 2 is 1.89 bits per heavy atom. The molecule has 0 spiro atoms. The highest BCUT2D eigenvalue weighted by molar-refractivity contribution is 9.09. The summed E-state index contributed by atoms with van der Waals surface area (Å²) >= 11 is 3.74. The summed E-state index contributed by atoms with van der Waals surface area (Å²) in [5, 5.41) is 0. The van der Waals surface area contributed by atoms with E-state index in [9.17, 15) is 0 Å². The second-order valence-electron chi connectivity index (χ2n) is 5.76. The van der Waals surface area contributed by atoms with Crippen LogP contribution in [-0.4, -0.2) is 29.4 Å². The fourth-order valence-corrected chi connectivity index (χ4v) is 3.85. The molecule has 0 saturated carbocycles. The highest BCUT2D eigenvalue weighted by atomic mass is 79.9. The van der Waals surface area contributed by atoms with Gasteiger partial charge in [-0.15, -0.1) is 0 Å². The number of rotatable bonds is 2. The van der Waals surface area contributed by atoms with Crippen LogP contribution in [0, 0.1) is 0 Å². The van der Waals surface area contributed by atoms with Gasteiger partial charge >= 0.3 is 0 Å². The van der Waals surface area contributed by atoms with Crippen LogP contribution >= 0.6 is 15.9 Å². The third-order valence-electron chi connectivity index (χ3n) is 4.49. The quantitative estimate of drug-likeness (QED) is 0.747. The van der Waals surface area contributed by atoms with Crippen molar-refractivity contribution in [1.29, 1.82) is 0 Å². The number of fused-ring (bicyclic) bond motifs is 1. The molecule has 1 atom stereocenters. The van der Waals surface area contributed by atoms with Gasteiger partial charge in [-0.25, -0.2) is 0 Å².